The van der Waals surface area contributed by atoms with Gasteiger partial charge < -0.3 is 10.1 Å². The first-order valence-electron chi connectivity index (χ1n) is 7.14. The maximum absolute atomic E-state index is 12.4. The number of carbonyl (C=O) groups excluding carboxylic acids is 1. The molecule has 0 aliphatic rings. The summed E-state index contributed by atoms with van der Waals surface area (Å²) in [6.45, 7) is 0. The van der Waals surface area contributed by atoms with Crippen LogP contribution >= 0.6 is 0 Å². The third-order valence-corrected chi connectivity index (χ3v) is 3.51. The fourth-order valence-electron chi connectivity index (χ4n) is 2.41. The number of methoxy groups -OCH3 is 1. The van der Waals surface area contributed by atoms with Gasteiger partial charge in [-0.3, -0.25) is 4.79 Å². The van der Waals surface area contributed by atoms with Gasteiger partial charge in [0.25, 0.3) is 5.91 Å². The number of benzene rings is 2. The molecule has 1 atom stereocenters. The van der Waals surface area contributed by atoms with Crippen molar-refractivity contribution in [3.63, 3.8) is 0 Å². The quantitative estimate of drug-likeness (QED) is 0.758. The molecule has 3 rings (SSSR count). The average Bonchev–Trinajstić information content (AvgIpc) is 3.15. The van der Waals surface area contributed by atoms with Crippen LogP contribution in [-0.2, 0) is 0 Å². The Hall–Kier alpha value is -3.15. The Morgan fingerprint density at radius 2 is 1.87 bits per heavy atom. The number of nitrogens with zero attached hydrogens (tertiary/aromatic N) is 2. The van der Waals surface area contributed by atoms with Crippen LogP contribution in [0.5, 0.6) is 5.75 Å². The molecule has 0 radical (unpaired) electrons. The van der Waals surface area contributed by atoms with Crippen molar-refractivity contribution in [2.75, 3.05) is 7.11 Å². The van der Waals surface area contributed by atoms with Crippen molar-refractivity contribution >= 4 is 5.91 Å². The second-order valence-corrected chi connectivity index (χ2v) is 4.91. The smallest absolute Gasteiger partial charge is 0.274 e. The van der Waals surface area contributed by atoms with Crippen molar-refractivity contribution in [2.45, 2.75) is 6.04 Å². The normalized spacial score (nSPS) is 11.7. The predicted octanol–water partition coefficient (Wildman–Crippen LogP) is 2.33. The zero-order valence-electron chi connectivity index (χ0n) is 12.6. The van der Waals surface area contributed by atoms with E-state index in [1.165, 1.54) is 6.20 Å². The first-order chi connectivity index (χ1) is 11.3. The molecule has 0 aliphatic heterocycles. The highest BCUT2D eigenvalue weighted by Gasteiger charge is 2.21. The number of nitrogens with one attached hydrogen (secondary N) is 2. The van der Waals surface area contributed by atoms with Crippen LogP contribution in [0, 0.1) is 0 Å². The Balaban J connectivity index is 1.99. The first kappa shape index (κ1) is 14.8. The van der Waals surface area contributed by atoms with Gasteiger partial charge in [-0.25, -0.2) is 0 Å². The van der Waals surface area contributed by atoms with Gasteiger partial charge in [0.1, 0.15) is 5.75 Å². The highest BCUT2D eigenvalue weighted by molar-refractivity contribution is 5.92. The van der Waals surface area contributed by atoms with Gasteiger partial charge in [0.15, 0.2) is 5.69 Å². The van der Waals surface area contributed by atoms with Crippen LogP contribution in [-0.4, -0.2) is 28.4 Å². The summed E-state index contributed by atoms with van der Waals surface area (Å²) in [5, 5.41) is 12.9. The van der Waals surface area contributed by atoms with E-state index in [4.69, 9.17) is 4.74 Å². The third kappa shape index (κ3) is 3.21. The molecule has 1 amide bonds. The predicted molar refractivity (Wildman–Crippen MR) is 85.1 cm³/mol. The Kier molecular flexibility index (Phi) is 4.33. The van der Waals surface area contributed by atoms with Crippen LogP contribution in [0.3, 0.4) is 0 Å². The number of carbonyl (C=O) groups is 1. The largest absolute Gasteiger partial charge is 0.496 e. The Morgan fingerprint density at radius 3 is 2.57 bits per heavy atom. The molecule has 6 heteroatoms. The van der Waals surface area contributed by atoms with Crippen molar-refractivity contribution in [2.24, 2.45) is 0 Å². The van der Waals surface area contributed by atoms with Gasteiger partial charge in [-0.05, 0) is 11.6 Å². The summed E-state index contributed by atoms with van der Waals surface area (Å²) in [4.78, 5) is 12.4. The first-order valence-corrected chi connectivity index (χ1v) is 7.14. The average molecular weight is 308 g/mol. The molecule has 116 valence electrons. The highest BCUT2D eigenvalue weighted by Crippen LogP contribution is 2.30. The van der Waals surface area contributed by atoms with Gasteiger partial charge in [0.05, 0.1) is 19.3 Å². The number of ether oxygens (including phenoxy) is 1. The SMILES string of the molecule is COc1ccccc1[C@H](NC(=O)c1cn[nH]n1)c1ccccc1. The van der Waals surface area contributed by atoms with Crippen molar-refractivity contribution in [1.82, 2.24) is 20.7 Å². The molecule has 6 nitrogen and oxygen atoms in total. The number of amides is 1. The van der Waals surface area contributed by atoms with Crippen molar-refractivity contribution in [3.05, 3.63) is 77.6 Å². The minimum Gasteiger partial charge on any atom is -0.496 e. The fourth-order valence-corrected chi connectivity index (χ4v) is 2.41. The number of para-hydroxylation sites is 1. The minimum atomic E-state index is -0.350. The summed E-state index contributed by atoms with van der Waals surface area (Å²) in [7, 11) is 1.61. The maximum atomic E-state index is 12.4. The standard InChI is InChI=1S/C17H16N4O2/c1-23-15-10-6-5-9-13(15)16(12-7-3-2-4-8-12)19-17(22)14-11-18-21-20-14/h2-11,16H,1H3,(H,19,22)(H,18,20,21)/t16-/m1/s1. The Labute approximate surface area is 133 Å². The highest BCUT2D eigenvalue weighted by atomic mass is 16.5. The molecule has 0 bridgehead atoms. The van der Waals surface area contributed by atoms with E-state index in [1.807, 2.05) is 54.6 Å². The monoisotopic (exact) mass is 308 g/mol. The Morgan fingerprint density at radius 1 is 1.13 bits per heavy atom. The van der Waals surface area contributed by atoms with E-state index in [9.17, 15) is 4.79 Å². The lowest BCUT2D eigenvalue weighted by Crippen LogP contribution is -2.29. The van der Waals surface area contributed by atoms with E-state index < -0.39 is 0 Å². The van der Waals surface area contributed by atoms with E-state index in [0.717, 1.165) is 11.1 Å². The Bertz CT molecular complexity index is 772. The van der Waals surface area contributed by atoms with E-state index in [2.05, 4.69) is 20.7 Å². The zero-order chi connectivity index (χ0) is 16.1. The lowest BCUT2D eigenvalue weighted by molar-refractivity contribution is 0.0937. The van der Waals surface area contributed by atoms with Crippen LogP contribution in [0.4, 0.5) is 0 Å². The van der Waals surface area contributed by atoms with Crippen molar-refractivity contribution in [3.8, 4) is 5.75 Å². The van der Waals surface area contributed by atoms with Gasteiger partial charge >= 0.3 is 0 Å². The molecular weight excluding hydrogens is 292 g/mol. The summed E-state index contributed by atoms with van der Waals surface area (Å²) in [6, 6.07) is 17.0. The minimum absolute atomic E-state index is 0.237. The molecule has 2 aromatic carbocycles. The topological polar surface area (TPSA) is 79.9 Å². The van der Waals surface area contributed by atoms with Gasteiger partial charge in [-0.15, -0.1) is 0 Å². The molecule has 1 aromatic heterocycles. The van der Waals surface area contributed by atoms with E-state index in [0.29, 0.717) is 5.75 Å². The summed E-state index contributed by atoms with van der Waals surface area (Å²) < 4.78 is 5.43. The maximum Gasteiger partial charge on any atom is 0.274 e. The summed E-state index contributed by atoms with van der Waals surface area (Å²) in [5.74, 6) is 0.403. The molecule has 0 saturated heterocycles. The van der Waals surface area contributed by atoms with Gasteiger partial charge in [-0.2, -0.15) is 15.4 Å². The van der Waals surface area contributed by atoms with Crippen molar-refractivity contribution in [1.29, 1.82) is 0 Å². The molecule has 2 N–H and O–H groups in total. The van der Waals surface area contributed by atoms with Gasteiger partial charge in [0.2, 0.25) is 0 Å². The molecule has 0 saturated carbocycles. The second kappa shape index (κ2) is 6.74. The molecule has 1 heterocycles. The van der Waals surface area contributed by atoms with E-state index in [1.54, 1.807) is 7.11 Å². The molecule has 23 heavy (non-hydrogen) atoms. The number of H-pyrrole nitrogens is 1. The van der Waals surface area contributed by atoms with Crippen LogP contribution in [0.1, 0.15) is 27.7 Å². The number of rotatable bonds is 5. The molecule has 0 spiro atoms. The lowest BCUT2D eigenvalue weighted by atomic mass is 9.97. The number of aromatic nitrogens is 3. The van der Waals surface area contributed by atoms with Crippen LogP contribution in [0.25, 0.3) is 0 Å². The van der Waals surface area contributed by atoms with Gasteiger partial charge in [0, 0.05) is 5.56 Å². The zero-order valence-corrected chi connectivity index (χ0v) is 12.6. The lowest BCUT2D eigenvalue weighted by Gasteiger charge is -2.21. The van der Waals surface area contributed by atoms with E-state index >= 15 is 0 Å². The van der Waals surface area contributed by atoms with Crippen molar-refractivity contribution < 1.29 is 9.53 Å². The molecule has 3 aromatic rings. The molecule has 0 aliphatic carbocycles. The molecule has 0 fully saturated rings. The van der Waals surface area contributed by atoms with E-state index in [-0.39, 0.29) is 17.6 Å². The fraction of sp³-hybridized carbons (Fsp3) is 0.118. The molecule has 0 unspecified atom stereocenters. The number of hydrogen-bond donors (Lipinski definition) is 2. The second-order valence-electron chi connectivity index (χ2n) is 4.91. The third-order valence-electron chi connectivity index (χ3n) is 3.51. The number of aromatic amines is 1. The number of hydrogen-bond acceptors (Lipinski definition) is 4. The molecular formula is C17H16N4O2. The summed E-state index contributed by atoms with van der Waals surface area (Å²) >= 11 is 0. The summed E-state index contributed by atoms with van der Waals surface area (Å²) in [6.07, 6.45) is 1.39. The van der Waals surface area contributed by atoms with Crippen LogP contribution in [0.15, 0.2) is 60.8 Å². The van der Waals surface area contributed by atoms with Crippen LogP contribution < -0.4 is 10.1 Å². The van der Waals surface area contributed by atoms with Gasteiger partial charge in [-0.1, -0.05) is 48.5 Å². The summed E-state index contributed by atoms with van der Waals surface area (Å²) in [5.41, 5.74) is 2.06. The van der Waals surface area contributed by atoms with Crippen LogP contribution in [0.2, 0.25) is 0 Å².